The zero-order valence-electron chi connectivity index (χ0n) is 16.2. The molecule has 0 aliphatic carbocycles. The Kier molecular flexibility index (Phi) is 5.82. The lowest BCUT2D eigenvalue weighted by atomic mass is 10.1. The molecule has 0 spiro atoms. The summed E-state index contributed by atoms with van der Waals surface area (Å²) >= 11 is 0. The quantitative estimate of drug-likeness (QED) is 0.692. The van der Waals surface area contributed by atoms with E-state index in [2.05, 4.69) is 5.32 Å². The molecule has 1 amide bonds. The molecule has 3 rings (SSSR count). The Hall–Kier alpha value is -2.70. The van der Waals surface area contributed by atoms with Crippen LogP contribution in [0.1, 0.15) is 24.1 Å². The SMILES string of the molecule is Cc1ccc([C@H](C)NC(=O)CN(C)S(=O)(=O)c2ccc3ccccc3c2)cc1. The minimum Gasteiger partial charge on any atom is -0.348 e. The molecule has 0 saturated heterocycles. The second-order valence-corrected chi connectivity index (χ2v) is 9.01. The van der Waals surface area contributed by atoms with Crippen LogP contribution in [0.4, 0.5) is 0 Å². The van der Waals surface area contributed by atoms with E-state index in [0.717, 1.165) is 26.2 Å². The van der Waals surface area contributed by atoms with Crippen LogP contribution in [0.25, 0.3) is 10.8 Å². The van der Waals surface area contributed by atoms with E-state index < -0.39 is 10.0 Å². The van der Waals surface area contributed by atoms with E-state index in [4.69, 9.17) is 0 Å². The van der Waals surface area contributed by atoms with Crippen LogP contribution >= 0.6 is 0 Å². The Morgan fingerprint density at radius 1 is 1.00 bits per heavy atom. The van der Waals surface area contributed by atoms with Crippen molar-refractivity contribution in [3.8, 4) is 0 Å². The molecule has 0 aliphatic heterocycles. The van der Waals surface area contributed by atoms with Gasteiger partial charge < -0.3 is 5.32 Å². The normalized spacial score (nSPS) is 12.9. The highest BCUT2D eigenvalue weighted by atomic mass is 32.2. The number of sulfonamides is 1. The molecule has 0 radical (unpaired) electrons. The van der Waals surface area contributed by atoms with E-state index in [-0.39, 0.29) is 23.4 Å². The van der Waals surface area contributed by atoms with Gasteiger partial charge in [-0.2, -0.15) is 4.31 Å². The molecule has 0 unspecified atom stereocenters. The van der Waals surface area contributed by atoms with Gasteiger partial charge in [0.05, 0.1) is 17.5 Å². The van der Waals surface area contributed by atoms with Crippen LogP contribution in [-0.2, 0) is 14.8 Å². The molecule has 5 nitrogen and oxygen atoms in total. The molecule has 0 heterocycles. The highest BCUT2D eigenvalue weighted by Crippen LogP contribution is 2.21. The van der Waals surface area contributed by atoms with Crippen LogP contribution in [0.3, 0.4) is 0 Å². The summed E-state index contributed by atoms with van der Waals surface area (Å²) in [6.45, 7) is 3.63. The van der Waals surface area contributed by atoms with E-state index >= 15 is 0 Å². The molecule has 1 N–H and O–H groups in total. The summed E-state index contributed by atoms with van der Waals surface area (Å²) in [6.07, 6.45) is 0. The first kappa shape index (κ1) is 20.0. The van der Waals surface area contributed by atoms with E-state index in [0.29, 0.717) is 0 Å². The summed E-state index contributed by atoms with van der Waals surface area (Å²) in [4.78, 5) is 12.6. The van der Waals surface area contributed by atoms with Gasteiger partial charge in [-0.1, -0.05) is 60.2 Å². The molecule has 1 atom stereocenters. The Morgan fingerprint density at radius 2 is 1.64 bits per heavy atom. The number of nitrogens with zero attached hydrogens (tertiary/aromatic N) is 1. The number of benzene rings is 3. The van der Waals surface area contributed by atoms with Gasteiger partial charge in [0.25, 0.3) is 0 Å². The summed E-state index contributed by atoms with van der Waals surface area (Å²) in [5, 5.41) is 4.66. The van der Waals surface area contributed by atoms with Gasteiger partial charge >= 0.3 is 0 Å². The molecular formula is C22H24N2O3S. The van der Waals surface area contributed by atoms with Gasteiger partial charge in [0, 0.05) is 7.05 Å². The smallest absolute Gasteiger partial charge is 0.243 e. The van der Waals surface area contributed by atoms with Crippen LogP contribution in [0.5, 0.6) is 0 Å². The molecule has 0 fully saturated rings. The van der Waals surface area contributed by atoms with E-state index in [9.17, 15) is 13.2 Å². The van der Waals surface area contributed by atoms with Crippen molar-refractivity contribution in [2.45, 2.75) is 24.8 Å². The first-order chi connectivity index (χ1) is 13.3. The van der Waals surface area contributed by atoms with E-state index in [1.54, 1.807) is 18.2 Å². The summed E-state index contributed by atoms with van der Waals surface area (Å²) in [7, 11) is -2.34. The largest absolute Gasteiger partial charge is 0.348 e. The van der Waals surface area contributed by atoms with Crippen molar-refractivity contribution in [3.63, 3.8) is 0 Å². The minimum absolute atomic E-state index is 0.174. The summed E-state index contributed by atoms with van der Waals surface area (Å²) < 4.78 is 26.8. The first-order valence-electron chi connectivity index (χ1n) is 9.08. The van der Waals surface area contributed by atoms with Gasteiger partial charge in [-0.05, 0) is 42.3 Å². The zero-order valence-corrected chi connectivity index (χ0v) is 17.0. The maximum atomic E-state index is 12.9. The lowest BCUT2D eigenvalue weighted by molar-refractivity contribution is -0.121. The van der Waals surface area contributed by atoms with Crippen LogP contribution < -0.4 is 5.32 Å². The molecule has 0 aromatic heterocycles. The van der Waals surface area contributed by atoms with Gasteiger partial charge in [-0.3, -0.25) is 4.79 Å². The number of hydrogen-bond acceptors (Lipinski definition) is 3. The van der Waals surface area contributed by atoms with E-state index in [1.165, 1.54) is 7.05 Å². The molecule has 0 aliphatic rings. The third kappa shape index (κ3) is 4.40. The van der Waals surface area contributed by atoms with Crippen LogP contribution in [0.15, 0.2) is 71.6 Å². The van der Waals surface area contributed by atoms with Crippen LogP contribution in [0.2, 0.25) is 0 Å². The van der Waals surface area contributed by atoms with E-state index in [1.807, 2.05) is 62.4 Å². The first-order valence-corrected chi connectivity index (χ1v) is 10.5. The van der Waals surface area contributed by atoms with Crippen LogP contribution in [-0.4, -0.2) is 32.2 Å². The molecule has 0 saturated carbocycles. The molecular weight excluding hydrogens is 372 g/mol. The van der Waals surface area contributed by atoms with Crippen molar-refractivity contribution in [2.75, 3.05) is 13.6 Å². The number of likely N-dealkylation sites (N-methyl/N-ethyl adjacent to an activating group) is 1. The van der Waals surface area contributed by atoms with Gasteiger partial charge in [-0.15, -0.1) is 0 Å². The second kappa shape index (κ2) is 8.12. The number of amides is 1. The third-order valence-corrected chi connectivity index (χ3v) is 6.55. The molecule has 6 heteroatoms. The second-order valence-electron chi connectivity index (χ2n) is 6.97. The number of carbonyl (C=O) groups excluding carboxylic acids is 1. The number of hydrogen-bond donors (Lipinski definition) is 1. The fourth-order valence-electron chi connectivity index (χ4n) is 3.02. The maximum absolute atomic E-state index is 12.9. The molecule has 0 bridgehead atoms. The highest BCUT2D eigenvalue weighted by Gasteiger charge is 2.23. The Morgan fingerprint density at radius 3 is 2.32 bits per heavy atom. The number of rotatable bonds is 6. The fourth-order valence-corrected chi connectivity index (χ4v) is 4.18. The zero-order chi connectivity index (χ0) is 20.3. The maximum Gasteiger partial charge on any atom is 0.243 e. The monoisotopic (exact) mass is 396 g/mol. The van der Waals surface area contributed by atoms with Crippen molar-refractivity contribution < 1.29 is 13.2 Å². The van der Waals surface area contributed by atoms with Crippen molar-refractivity contribution in [1.82, 2.24) is 9.62 Å². The predicted molar refractivity (Wildman–Crippen MR) is 112 cm³/mol. The van der Waals surface area contributed by atoms with Crippen molar-refractivity contribution in [1.29, 1.82) is 0 Å². The Labute approximate surface area is 166 Å². The van der Waals surface area contributed by atoms with Crippen molar-refractivity contribution in [3.05, 3.63) is 77.9 Å². The van der Waals surface area contributed by atoms with Crippen molar-refractivity contribution in [2.24, 2.45) is 0 Å². The number of fused-ring (bicyclic) bond motifs is 1. The van der Waals surface area contributed by atoms with Gasteiger partial charge in [0.2, 0.25) is 15.9 Å². The van der Waals surface area contributed by atoms with Crippen LogP contribution in [0, 0.1) is 6.92 Å². The topological polar surface area (TPSA) is 66.5 Å². The minimum atomic E-state index is -3.76. The predicted octanol–water partition coefficient (Wildman–Crippen LogP) is 3.65. The number of aryl methyl sites for hydroxylation is 1. The summed E-state index contributed by atoms with van der Waals surface area (Å²) in [5.74, 6) is -0.347. The number of nitrogens with one attached hydrogen (secondary N) is 1. The lowest BCUT2D eigenvalue weighted by Gasteiger charge is -2.20. The Bertz CT molecular complexity index is 1090. The fraction of sp³-hybridized carbons (Fsp3) is 0.227. The average molecular weight is 397 g/mol. The summed E-state index contributed by atoms with van der Waals surface area (Å²) in [6, 6.07) is 20.2. The summed E-state index contributed by atoms with van der Waals surface area (Å²) in [5.41, 5.74) is 2.11. The molecule has 3 aromatic rings. The molecule has 28 heavy (non-hydrogen) atoms. The highest BCUT2D eigenvalue weighted by molar-refractivity contribution is 7.89. The average Bonchev–Trinajstić information content (AvgIpc) is 2.67. The lowest BCUT2D eigenvalue weighted by Crippen LogP contribution is -2.39. The van der Waals surface area contributed by atoms with Crippen molar-refractivity contribution >= 4 is 26.7 Å². The van der Waals surface area contributed by atoms with Gasteiger partial charge in [-0.25, -0.2) is 8.42 Å². The van der Waals surface area contributed by atoms with Gasteiger partial charge in [0.1, 0.15) is 0 Å². The standard InChI is InChI=1S/C22H24N2O3S/c1-16-8-10-18(11-9-16)17(2)23-22(25)15-24(3)28(26,27)21-13-12-19-6-4-5-7-20(19)14-21/h4-14,17H,15H2,1-3H3,(H,23,25)/t17-/m0/s1. The number of carbonyl (C=O) groups is 1. The third-order valence-electron chi connectivity index (χ3n) is 4.75. The molecule has 3 aromatic carbocycles. The van der Waals surface area contributed by atoms with Gasteiger partial charge in [0.15, 0.2) is 0 Å². The molecule has 146 valence electrons. The Balaban J connectivity index is 1.70.